The molecule has 0 bridgehead atoms. The first-order chi connectivity index (χ1) is 20.4. The van der Waals surface area contributed by atoms with Gasteiger partial charge in [-0.15, -0.1) is 0 Å². The summed E-state index contributed by atoms with van der Waals surface area (Å²) < 4.78 is 11.8. The summed E-state index contributed by atoms with van der Waals surface area (Å²) in [5.74, 6) is 2.24. The number of aliphatic hydroxyl groups is 1. The molecule has 42 heavy (non-hydrogen) atoms. The Hall–Kier alpha value is -3.04. The van der Waals surface area contributed by atoms with Crippen LogP contribution in [0.4, 0.5) is 5.82 Å². The number of halogens is 2. The van der Waals surface area contributed by atoms with Gasteiger partial charge < -0.3 is 29.7 Å². The molecule has 1 aliphatic carbocycles. The number of amides is 1. The lowest BCUT2D eigenvalue weighted by molar-refractivity contribution is -0.126. The quantitative estimate of drug-likeness (QED) is 0.281. The van der Waals surface area contributed by atoms with Crippen LogP contribution in [0.1, 0.15) is 43.8 Å². The van der Waals surface area contributed by atoms with Crippen LogP contribution < -0.4 is 19.7 Å². The second-order valence-electron chi connectivity index (χ2n) is 11.4. The minimum Gasteiger partial charge on any atom is -0.489 e. The van der Waals surface area contributed by atoms with Crippen molar-refractivity contribution in [2.24, 2.45) is 5.92 Å². The lowest BCUT2D eigenvalue weighted by Gasteiger charge is -2.30. The molecule has 3 atom stereocenters. The van der Waals surface area contributed by atoms with Crippen LogP contribution in [0.15, 0.2) is 60.7 Å². The van der Waals surface area contributed by atoms with E-state index >= 15 is 0 Å². The van der Waals surface area contributed by atoms with E-state index in [0.29, 0.717) is 59.0 Å². The van der Waals surface area contributed by atoms with Crippen LogP contribution in [0.3, 0.4) is 0 Å². The van der Waals surface area contributed by atoms with E-state index in [9.17, 15) is 9.90 Å². The van der Waals surface area contributed by atoms with Crippen LogP contribution in [0.5, 0.6) is 17.4 Å². The Bertz CT molecular complexity index is 1380. The highest BCUT2D eigenvalue weighted by Crippen LogP contribution is 2.34. The zero-order chi connectivity index (χ0) is 29.1. The van der Waals surface area contributed by atoms with Gasteiger partial charge in [0.2, 0.25) is 11.8 Å². The summed E-state index contributed by atoms with van der Waals surface area (Å²) in [7, 11) is 0. The number of hydrogen-bond donors (Lipinski definition) is 2. The summed E-state index contributed by atoms with van der Waals surface area (Å²) >= 11 is 12.5. The maximum Gasteiger partial charge on any atom is 0.225 e. The molecule has 1 saturated carbocycles. The van der Waals surface area contributed by atoms with Gasteiger partial charge >= 0.3 is 0 Å². The molecule has 0 spiro atoms. The largest absolute Gasteiger partial charge is 0.489 e. The number of anilines is 1. The van der Waals surface area contributed by atoms with Crippen molar-refractivity contribution in [3.8, 4) is 17.4 Å². The Morgan fingerprint density at radius 1 is 1.02 bits per heavy atom. The molecule has 1 amide bonds. The molecule has 2 aliphatic heterocycles. The molecule has 222 valence electrons. The predicted molar refractivity (Wildman–Crippen MR) is 164 cm³/mol. The minimum absolute atomic E-state index is 0.0610. The third-order valence-corrected chi connectivity index (χ3v) is 8.65. The molecule has 3 heterocycles. The SMILES string of the molecule is O=C(N[C@H](CN1CCCC1)[C@H](O)c1ccc(OC2CC2)c(Cl)c1)[C@@H]1CCN(c2cccc(Oc3ccc(Cl)cc3)n2)C1. The van der Waals surface area contributed by atoms with E-state index in [4.69, 9.17) is 32.7 Å². The maximum atomic E-state index is 13.6. The molecule has 6 rings (SSSR count). The number of aromatic nitrogens is 1. The summed E-state index contributed by atoms with van der Waals surface area (Å²) in [6, 6.07) is 17.7. The number of rotatable bonds is 11. The molecule has 1 aromatic heterocycles. The van der Waals surface area contributed by atoms with Crippen LogP contribution in [0.2, 0.25) is 10.0 Å². The number of carbonyl (C=O) groups is 1. The van der Waals surface area contributed by atoms with Crippen LogP contribution in [0, 0.1) is 5.92 Å². The van der Waals surface area contributed by atoms with Crippen LogP contribution in [0.25, 0.3) is 0 Å². The van der Waals surface area contributed by atoms with Crippen molar-refractivity contribution < 1.29 is 19.4 Å². The monoisotopic (exact) mass is 610 g/mol. The molecule has 0 radical (unpaired) electrons. The summed E-state index contributed by atoms with van der Waals surface area (Å²) in [6.45, 7) is 3.74. The third kappa shape index (κ3) is 7.29. The zero-order valence-corrected chi connectivity index (χ0v) is 24.9. The van der Waals surface area contributed by atoms with E-state index in [1.807, 2.05) is 24.3 Å². The Kier molecular flexibility index (Phi) is 9.05. The molecule has 10 heteroatoms. The molecule has 0 unspecified atom stereocenters. The van der Waals surface area contributed by atoms with Crippen LogP contribution in [-0.2, 0) is 4.79 Å². The van der Waals surface area contributed by atoms with Crippen LogP contribution in [-0.4, -0.2) is 65.8 Å². The molecule has 8 nitrogen and oxygen atoms in total. The van der Waals surface area contributed by atoms with Crippen molar-refractivity contribution in [1.82, 2.24) is 15.2 Å². The Morgan fingerprint density at radius 3 is 2.55 bits per heavy atom. The summed E-state index contributed by atoms with van der Waals surface area (Å²) in [5, 5.41) is 15.8. The second-order valence-corrected chi connectivity index (χ2v) is 12.2. The van der Waals surface area contributed by atoms with Gasteiger partial charge in [0.1, 0.15) is 23.4 Å². The molecule has 3 aromatic rings. The third-order valence-electron chi connectivity index (χ3n) is 8.11. The number of hydrogen-bond acceptors (Lipinski definition) is 7. The van der Waals surface area contributed by atoms with Crippen molar-refractivity contribution in [3.63, 3.8) is 0 Å². The van der Waals surface area contributed by atoms with Gasteiger partial charge in [0.05, 0.1) is 23.1 Å². The van der Waals surface area contributed by atoms with Crippen molar-refractivity contribution in [2.75, 3.05) is 37.6 Å². The van der Waals surface area contributed by atoms with Gasteiger partial charge in [-0.05, 0) is 93.2 Å². The number of benzene rings is 2. The van der Waals surface area contributed by atoms with Gasteiger partial charge in [-0.25, -0.2) is 0 Å². The van der Waals surface area contributed by atoms with Crippen molar-refractivity contribution in [1.29, 1.82) is 0 Å². The van der Waals surface area contributed by atoms with Gasteiger partial charge in [0.15, 0.2) is 0 Å². The Morgan fingerprint density at radius 2 is 1.81 bits per heavy atom. The van der Waals surface area contributed by atoms with E-state index in [1.54, 1.807) is 36.4 Å². The fourth-order valence-electron chi connectivity index (χ4n) is 5.61. The van der Waals surface area contributed by atoms with Gasteiger partial charge in [0, 0.05) is 30.7 Å². The average Bonchev–Trinajstić information content (AvgIpc) is 3.42. The number of aliphatic hydroxyl groups excluding tert-OH is 1. The predicted octanol–water partition coefficient (Wildman–Crippen LogP) is 5.86. The van der Waals surface area contributed by atoms with Crippen molar-refractivity contribution in [3.05, 3.63) is 76.3 Å². The Labute approximate surface area is 256 Å². The normalized spacial score (nSPS) is 20.4. The summed E-state index contributed by atoms with van der Waals surface area (Å²) in [5.41, 5.74) is 0.669. The standard InChI is InChI=1S/C32H36Cl2N4O4/c33-23-7-9-25(10-8-23)42-30-5-3-4-29(36-30)38-17-14-22(19-38)32(40)35-27(20-37-15-1-2-16-37)31(39)21-6-13-28(26(34)18-21)41-24-11-12-24/h3-10,13,18,22,24,27,31,39H,1-2,11-12,14-17,19-20H2,(H,35,40)/t22-,27-,31-/m1/s1. The van der Waals surface area contributed by atoms with E-state index in [1.165, 1.54) is 0 Å². The molecule has 2 N–H and O–H groups in total. The first-order valence-corrected chi connectivity index (χ1v) is 15.5. The summed E-state index contributed by atoms with van der Waals surface area (Å²) in [4.78, 5) is 22.6. The molecule has 2 aromatic carbocycles. The average molecular weight is 612 g/mol. The van der Waals surface area contributed by atoms with E-state index < -0.39 is 12.1 Å². The number of likely N-dealkylation sites (tertiary alicyclic amines) is 1. The lowest BCUT2D eigenvalue weighted by atomic mass is 10.00. The molecular weight excluding hydrogens is 575 g/mol. The molecule has 2 saturated heterocycles. The highest BCUT2D eigenvalue weighted by Gasteiger charge is 2.34. The topological polar surface area (TPSA) is 87.2 Å². The van der Waals surface area contributed by atoms with E-state index in [-0.39, 0.29) is 17.9 Å². The molecule has 3 fully saturated rings. The second kappa shape index (κ2) is 13.1. The van der Waals surface area contributed by atoms with Gasteiger partial charge in [0.25, 0.3) is 0 Å². The number of nitrogens with zero attached hydrogens (tertiary/aromatic N) is 3. The first kappa shape index (κ1) is 29.1. The van der Waals surface area contributed by atoms with Gasteiger partial charge in [-0.3, -0.25) is 4.79 Å². The first-order valence-electron chi connectivity index (χ1n) is 14.7. The van der Waals surface area contributed by atoms with Crippen LogP contribution >= 0.6 is 23.2 Å². The van der Waals surface area contributed by atoms with E-state index in [2.05, 4.69) is 20.1 Å². The smallest absolute Gasteiger partial charge is 0.225 e. The van der Waals surface area contributed by atoms with Crippen molar-refractivity contribution in [2.45, 2.75) is 50.4 Å². The fraction of sp³-hybridized carbons (Fsp3) is 0.438. The van der Waals surface area contributed by atoms with Gasteiger partial charge in [-0.2, -0.15) is 4.98 Å². The molecular formula is C32H36Cl2N4O4. The number of nitrogens with one attached hydrogen (secondary N) is 1. The fourth-order valence-corrected chi connectivity index (χ4v) is 5.96. The zero-order valence-electron chi connectivity index (χ0n) is 23.4. The minimum atomic E-state index is -0.900. The lowest BCUT2D eigenvalue weighted by Crippen LogP contribution is -2.48. The number of carbonyl (C=O) groups excluding carboxylic acids is 1. The summed E-state index contributed by atoms with van der Waals surface area (Å²) in [6.07, 6.45) is 4.37. The number of ether oxygens (including phenoxy) is 2. The highest BCUT2D eigenvalue weighted by molar-refractivity contribution is 6.32. The Balaban J connectivity index is 1.10. The van der Waals surface area contributed by atoms with Crippen molar-refractivity contribution >= 4 is 34.9 Å². The molecule has 3 aliphatic rings. The highest BCUT2D eigenvalue weighted by atomic mass is 35.5. The maximum absolute atomic E-state index is 13.6. The van der Waals surface area contributed by atoms with E-state index in [0.717, 1.165) is 44.6 Å². The van der Waals surface area contributed by atoms with Gasteiger partial charge in [-0.1, -0.05) is 35.3 Å². The number of pyridine rings is 1.